The molecule has 0 aliphatic heterocycles. The zero-order chi connectivity index (χ0) is 14.0. The molecule has 0 N–H and O–H groups in total. The Labute approximate surface area is 110 Å². The predicted molar refractivity (Wildman–Crippen MR) is 71.2 cm³/mol. The molecule has 0 unspecified atom stereocenters. The van der Waals surface area contributed by atoms with E-state index >= 15 is 0 Å². The van der Waals surface area contributed by atoms with Crippen molar-refractivity contribution in [2.24, 2.45) is 0 Å². The smallest absolute Gasteiger partial charge is 0.363 e. The van der Waals surface area contributed by atoms with Crippen molar-refractivity contribution >= 4 is 5.97 Å². The number of carbonyl (C=O) groups excluding carboxylic acids is 1. The SMILES string of the molecule is COC(OC)C(=O)OCC=C(C)CCC=C(C)C. The average Bonchev–Trinajstić information content (AvgIpc) is 2.30. The summed E-state index contributed by atoms with van der Waals surface area (Å²) < 4.78 is 14.6. The molecule has 0 aromatic heterocycles. The monoisotopic (exact) mass is 256 g/mol. The van der Waals surface area contributed by atoms with Gasteiger partial charge < -0.3 is 14.2 Å². The Morgan fingerprint density at radius 3 is 2.22 bits per heavy atom. The van der Waals surface area contributed by atoms with Crippen molar-refractivity contribution in [3.05, 3.63) is 23.3 Å². The molecule has 0 aromatic rings. The van der Waals surface area contributed by atoms with Crippen LogP contribution < -0.4 is 0 Å². The van der Waals surface area contributed by atoms with Gasteiger partial charge in [0.2, 0.25) is 0 Å². The summed E-state index contributed by atoms with van der Waals surface area (Å²) >= 11 is 0. The van der Waals surface area contributed by atoms with Gasteiger partial charge in [-0.05, 0) is 39.7 Å². The first kappa shape index (κ1) is 16.9. The molecule has 0 saturated carbocycles. The van der Waals surface area contributed by atoms with Crippen LogP contribution in [-0.2, 0) is 19.0 Å². The Balaban J connectivity index is 3.93. The number of esters is 1. The fraction of sp³-hybridized carbons (Fsp3) is 0.643. The topological polar surface area (TPSA) is 44.8 Å². The highest BCUT2D eigenvalue weighted by Crippen LogP contribution is 2.06. The highest BCUT2D eigenvalue weighted by Gasteiger charge is 2.17. The zero-order valence-electron chi connectivity index (χ0n) is 12.0. The third-order valence-electron chi connectivity index (χ3n) is 2.37. The van der Waals surface area contributed by atoms with Crippen LogP contribution in [0, 0.1) is 0 Å². The summed E-state index contributed by atoms with van der Waals surface area (Å²) in [6.07, 6.45) is 5.14. The third-order valence-corrected chi connectivity index (χ3v) is 2.37. The number of allylic oxidation sites excluding steroid dienone is 3. The minimum atomic E-state index is -0.940. The molecule has 104 valence electrons. The fourth-order valence-corrected chi connectivity index (χ4v) is 1.31. The van der Waals surface area contributed by atoms with Crippen molar-refractivity contribution < 1.29 is 19.0 Å². The standard InChI is InChI=1S/C14H24O4/c1-11(2)7-6-8-12(3)9-10-18-13(15)14(16-4)17-5/h7,9,14H,6,8,10H2,1-5H3. The van der Waals surface area contributed by atoms with Gasteiger partial charge in [-0.2, -0.15) is 0 Å². The summed E-state index contributed by atoms with van der Waals surface area (Å²) in [7, 11) is 2.80. The fourth-order valence-electron chi connectivity index (χ4n) is 1.31. The number of ether oxygens (including phenoxy) is 3. The maximum atomic E-state index is 11.4. The van der Waals surface area contributed by atoms with Crippen LogP contribution in [0.2, 0.25) is 0 Å². The van der Waals surface area contributed by atoms with Crippen LogP contribution in [0.15, 0.2) is 23.3 Å². The lowest BCUT2D eigenvalue weighted by Crippen LogP contribution is -2.27. The summed E-state index contributed by atoms with van der Waals surface area (Å²) in [5, 5.41) is 0. The summed E-state index contributed by atoms with van der Waals surface area (Å²) in [5.74, 6) is -0.506. The molecule has 4 heteroatoms. The van der Waals surface area contributed by atoms with E-state index in [0.717, 1.165) is 12.8 Å². The van der Waals surface area contributed by atoms with Gasteiger partial charge in [0.15, 0.2) is 0 Å². The zero-order valence-corrected chi connectivity index (χ0v) is 12.0. The summed E-state index contributed by atoms with van der Waals surface area (Å²) in [5.41, 5.74) is 2.52. The van der Waals surface area contributed by atoms with E-state index in [2.05, 4.69) is 19.9 Å². The van der Waals surface area contributed by atoms with Gasteiger partial charge >= 0.3 is 5.97 Å². The maximum Gasteiger partial charge on any atom is 0.363 e. The molecule has 0 aromatic carbocycles. The van der Waals surface area contributed by atoms with Crippen molar-refractivity contribution in [2.75, 3.05) is 20.8 Å². The van der Waals surface area contributed by atoms with E-state index in [1.165, 1.54) is 25.4 Å². The number of hydrogen-bond donors (Lipinski definition) is 0. The second kappa shape index (κ2) is 9.85. The van der Waals surface area contributed by atoms with Crippen molar-refractivity contribution in [1.82, 2.24) is 0 Å². The van der Waals surface area contributed by atoms with Gasteiger partial charge in [0.1, 0.15) is 6.61 Å². The lowest BCUT2D eigenvalue weighted by Gasteiger charge is -2.11. The van der Waals surface area contributed by atoms with Crippen LogP contribution >= 0.6 is 0 Å². The van der Waals surface area contributed by atoms with E-state index in [-0.39, 0.29) is 6.61 Å². The van der Waals surface area contributed by atoms with E-state index < -0.39 is 12.3 Å². The second-order valence-electron chi connectivity index (χ2n) is 4.30. The molecular formula is C14H24O4. The Morgan fingerprint density at radius 2 is 1.72 bits per heavy atom. The predicted octanol–water partition coefficient (Wildman–Crippen LogP) is 2.84. The molecule has 4 nitrogen and oxygen atoms in total. The number of carbonyl (C=O) groups is 1. The molecule has 0 fully saturated rings. The van der Waals surface area contributed by atoms with Gasteiger partial charge in [0.05, 0.1) is 0 Å². The molecule has 0 aliphatic carbocycles. The first-order chi connectivity index (χ1) is 8.51. The largest absolute Gasteiger partial charge is 0.458 e. The molecule has 0 atom stereocenters. The van der Waals surface area contributed by atoms with Crippen LogP contribution in [0.25, 0.3) is 0 Å². The Morgan fingerprint density at radius 1 is 1.11 bits per heavy atom. The molecule has 0 amide bonds. The number of hydrogen-bond acceptors (Lipinski definition) is 4. The summed E-state index contributed by atoms with van der Waals surface area (Å²) in [6.45, 7) is 6.44. The van der Waals surface area contributed by atoms with E-state index in [0.29, 0.717) is 0 Å². The minimum Gasteiger partial charge on any atom is -0.458 e. The van der Waals surface area contributed by atoms with Crippen LogP contribution in [0.1, 0.15) is 33.6 Å². The number of methoxy groups -OCH3 is 2. The first-order valence-corrected chi connectivity index (χ1v) is 6.02. The molecule has 0 rings (SSSR count). The van der Waals surface area contributed by atoms with Crippen molar-refractivity contribution in [1.29, 1.82) is 0 Å². The third kappa shape index (κ3) is 8.03. The van der Waals surface area contributed by atoms with Crippen molar-refractivity contribution in [2.45, 2.75) is 39.9 Å². The Kier molecular flexibility index (Phi) is 9.24. The minimum absolute atomic E-state index is 0.253. The van der Waals surface area contributed by atoms with Crippen molar-refractivity contribution in [3.8, 4) is 0 Å². The second-order valence-corrected chi connectivity index (χ2v) is 4.30. The van der Waals surface area contributed by atoms with Crippen LogP contribution in [0.4, 0.5) is 0 Å². The number of rotatable bonds is 8. The molecule has 0 radical (unpaired) electrons. The van der Waals surface area contributed by atoms with E-state index in [1.807, 2.05) is 13.0 Å². The highest BCUT2D eigenvalue weighted by molar-refractivity contribution is 5.73. The lowest BCUT2D eigenvalue weighted by molar-refractivity contribution is -0.182. The molecule has 0 heterocycles. The normalized spacial score (nSPS) is 11.6. The van der Waals surface area contributed by atoms with Gasteiger partial charge in [-0.3, -0.25) is 0 Å². The van der Waals surface area contributed by atoms with Crippen molar-refractivity contribution in [3.63, 3.8) is 0 Å². The Hall–Kier alpha value is -1.13. The summed E-state index contributed by atoms with van der Waals surface area (Å²) in [6, 6.07) is 0. The van der Waals surface area contributed by atoms with Gasteiger partial charge in [-0.1, -0.05) is 17.2 Å². The molecule has 0 spiro atoms. The Bertz CT molecular complexity index is 297. The van der Waals surface area contributed by atoms with Gasteiger partial charge in [-0.15, -0.1) is 0 Å². The van der Waals surface area contributed by atoms with Gasteiger partial charge in [0.25, 0.3) is 6.29 Å². The van der Waals surface area contributed by atoms with Crippen LogP contribution in [-0.4, -0.2) is 33.1 Å². The molecule has 0 saturated heterocycles. The highest BCUT2D eigenvalue weighted by atomic mass is 16.7. The molecule has 18 heavy (non-hydrogen) atoms. The summed E-state index contributed by atoms with van der Waals surface area (Å²) in [4.78, 5) is 11.4. The van der Waals surface area contributed by atoms with E-state index in [4.69, 9.17) is 14.2 Å². The average molecular weight is 256 g/mol. The van der Waals surface area contributed by atoms with E-state index in [9.17, 15) is 4.79 Å². The van der Waals surface area contributed by atoms with Crippen LogP contribution in [0.5, 0.6) is 0 Å². The first-order valence-electron chi connectivity index (χ1n) is 6.02. The lowest BCUT2D eigenvalue weighted by atomic mass is 10.1. The van der Waals surface area contributed by atoms with Crippen LogP contribution in [0.3, 0.4) is 0 Å². The van der Waals surface area contributed by atoms with Gasteiger partial charge in [-0.25, -0.2) is 4.79 Å². The maximum absolute atomic E-state index is 11.4. The molecule has 0 aliphatic rings. The van der Waals surface area contributed by atoms with E-state index in [1.54, 1.807) is 0 Å². The molecule has 0 bridgehead atoms. The quantitative estimate of drug-likeness (QED) is 0.380. The molecular weight excluding hydrogens is 232 g/mol. The van der Waals surface area contributed by atoms with Gasteiger partial charge in [0, 0.05) is 14.2 Å².